The molecular weight excluding hydrogens is 407 g/mol. The summed E-state index contributed by atoms with van der Waals surface area (Å²) in [6, 6.07) is 9.19. The van der Waals surface area contributed by atoms with Crippen LogP contribution in [-0.2, 0) is 9.47 Å². The number of amides is 2. The van der Waals surface area contributed by atoms with Gasteiger partial charge < -0.3 is 20.1 Å². The van der Waals surface area contributed by atoms with Crippen molar-refractivity contribution >= 4 is 29.0 Å². The van der Waals surface area contributed by atoms with Crippen molar-refractivity contribution in [3.63, 3.8) is 0 Å². The van der Waals surface area contributed by atoms with Crippen LogP contribution in [0.25, 0.3) is 0 Å². The molecule has 2 N–H and O–H groups in total. The number of rotatable bonds is 5. The standard InChI is InChI=1S/C23H26ClFN2O3/c1-4-9-23(3)12-19-21(29-19)30-20(23)16-11-15(6-7-17(16)24)26-22(28)27-18-8-5-14(25)10-13(18)2/h5-8,10-11,19-21H,4,9,12H2,1-3H3,(H2,26,27,28). The highest BCUT2D eigenvalue weighted by atomic mass is 35.5. The molecule has 2 aliphatic rings. The van der Waals surface area contributed by atoms with Crippen LogP contribution < -0.4 is 10.6 Å². The molecule has 4 unspecified atom stereocenters. The molecule has 7 heteroatoms. The molecule has 160 valence electrons. The molecule has 30 heavy (non-hydrogen) atoms. The van der Waals surface area contributed by atoms with Crippen LogP contribution in [0.3, 0.4) is 0 Å². The van der Waals surface area contributed by atoms with Crippen LogP contribution in [0.1, 0.15) is 50.3 Å². The maximum atomic E-state index is 13.3. The lowest BCUT2D eigenvalue weighted by Crippen LogP contribution is -2.35. The van der Waals surface area contributed by atoms with Gasteiger partial charge >= 0.3 is 6.03 Å². The predicted molar refractivity (Wildman–Crippen MR) is 115 cm³/mol. The second-order valence-corrected chi connectivity index (χ2v) is 8.85. The number of hydrogen-bond donors (Lipinski definition) is 2. The van der Waals surface area contributed by atoms with Gasteiger partial charge in [-0.15, -0.1) is 0 Å². The summed E-state index contributed by atoms with van der Waals surface area (Å²) < 4.78 is 25.1. The molecule has 2 amide bonds. The summed E-state index contributed by atoms with van der Waals surface area (Å²) >= 11 is 6.54. The molecule has 2 aliphatic heterocycles. The summed E-state index contributed by atoms with van der Waals surface area (Å²) in [5.74, 6) is -0.342. The Morgan fingerprint density at radius 1 is 1.23 bits per heavy atom. The maximum absolute atomic E-state index is 13.3. The van der Waals surface area contributed by atoms with Crippen molar-refractivity contribution in [2.24, 2.45) is 5.41 Å². The number of hydrogen-bond acceptors (Lipinski definition) is 3. The van der Waals surface area contributed by atoms with Gasteiger partial charge in [-0.2, -0.15) is 0 Å². The summed E-state index contributed by atoms with van der Waals surface area (Å²) in [6.07, 6.45) is 2.73. The number of nitrogens with one attached hydrogen (secondary N) is 2. The van der Waals surface area contributed by atoms with E-state index in [0.717, 1.165) is 24.8 Å². The van der Waals surface area contributed by atoms with Crippen molar-refractivity contribution in [1.82, 2.24) is 0 Å². The lowest BCUT2D eigenvalue weighted by molar-refractivity contribution is -0.0955. The van der Waals surface area contributed by atoms with Gasteiger partial charge in [-0.1, -0.05) is 31.9 Å². The molecule has 0 radical (unpaired) electrons. The molecule has 0 saturated carbocycles. The first-order chi connectivity index (χ1) is 14.3. The number of epoxide rings is 1. The Kier molecular flexibility index (Phi) is 5.75. The third-order valence-electron chi connectivity index (χ3n) is 5.90. The molecule has 4 rings (SSSR count). The van der Waals surface area contributed by atoms with E-state index in [1.807, 2.05) is 6.07 Å². The molecule has 0 aromatic heterocycles. The third kappa shape index (κ3) is 4.31. The van der Waals surface area contributed by atoms with Gasteiger partial charge in [0.1, 0.15) is 11.9 Å². The third-order valence-corrected chi connectivity index (χ3v) is 6.24. The van der Waals surface area contributed by atoms with E-state index in [-0.39, 0.29) is 29.7 Å². The smallest absolute Gasteiger partial charge is 0.323 e. The van der Waals surface area contributed by atoms with Gasteiger partial charge in [0, 0.05) is 27.4 Å². The number of carbonyl (C=O) groups excluding carboxylic acids is 1. The zero-order valence-corrected chi connectivity index (χ0v) is 18.1. The Morgan fingerprint density at radius 2 is 2.03 bits per heavy atom. The van der Waals surface area contributed by atoms with Gasteiger partial charge in [-0.3, -0.25) is 0 Å². The average Bonchev–Trinajstić information content (AvgIpc) is 3.42. The molecule has 4 atom stereocenters. The Hall–Kier alpha value is -2.15. The molecule has 2 aromatic carbocycles. The summed E-state index contributed by atoms with van der Waals surface area (Å²) in [6.45, 7) is 6.10. The molecule has 0 spiro atoms. The molecule has 2 saturated heterocycles. The monoisotopic (exact) mass is 432 g/mol. The van der Waals surface area contributed by atoms with E-state index in [4.69, 9.17) is 21.1 Å². The van der Waals surface area contributed by atoms with E-state index in [0.29, 0.717) is 22.0 Å². The Morgan fingerprint density at radius 3 is 2.77 bits per heavy atom. The Labute approximate surface area is 180 Å². The lowest BCUT2D eigenvalue weighted by Gasteiger charge is -2.40. The van der Waals surface area contributed by atoms with Gasteiger partial charge in [-0.05, 0) is 61.7 Å². The van der Waals surface area contributed by atoms with Gasteiger partial charge in [0.05, 0.1) is 6.10 Å². The fourth-order valence-electron chi connectivity index (χ4n) is 4.38. The molecule has 0 bridgehead atoms. The summed E-state index contributed by atoms with van der Waals surface area (Å²) in [5, 5.41) is 6.18. The number of fused-ring (bicyclic) bond motifs is 1. The van der Waals surface area contributed by atoms with Crippen LogP contribution in [0, 0.1) is 18.2 Å². The van der Waals surface area contributed by atoms with E-state index in [9.17, 15) is 9.18 Å². The first kappa shape index (κ1) is 21.1. The van der Waals surface area contributed by atoms with Crippen molar-refractivity contribution in [1.29, 1.82) is 0 Å². The van der Waals surface area contributed by atoms with Gasteiger partial charge in [0.15, 0.2) is 6.29 Å². The Balaban J connectivity index is 1.53. The van der Waals surface area contributed by atoms with Gasteiger partial charge in [0.2, 0.25) is 0 Å². The topological polar surface area (TPSA) is 62.9 Å². The molecule has 2 fully saturated rings. The zero-order valence-electron chi connectivity index (χ0n) is 17.3. The van der Waals surface area contributed by atoms with Crippen LogP contribution in [-0.4, -0.2) is 18.4 Å². The number of ether oxygens (including phenoxy) is 2. The van der Waals surface area contributed by atoms with Crippen LogP contribution in [0.5, 0.6) is 0 Å². The number of urea groups is 1. The minimum atomic E-state index is -0.413. The lowest BCUT2D eigenvalue weighted by atomic mass is 9.72. The van der Waals surface area contributed by atoms with Crippen molar-refractivity contribution in [2.45, 2.75) is 58.5 Å². The quantitative estimate of drug-likeness (QED) is 0.535. The number of anilines is 2. The number of halogens is 2. The highest BCUT2D eigenvalue weighted by molar-refractivity contribution is 6.31. The van der Waals surface area contributed by atoms with Gasteiger partial charge in [-0.25, -0.2) is 9.18 Å². The summed E-state index contributed by atoms with van der Waals surface area (Å²) in [5.41, 5.74) is 2.55. The highest BCUT2D eigenvalue weighted by Gasteiger charge is 2.55. The van der Waals surface area contributed by atoms with Crippen LogP contribution >= 0.6 is 11.6 Å². The largest absolute Gasteiger partial charge is 0.341 e. The van der Waals surface area contributed by atoms with Crippen LogP contribution in [0.2, 0.25) is 5.02 Å². The second-order valence-electron chi connectivity index (χ2n) is 8.44. The minimum absolute atomic E-state index is 0.0951. The highest BCUT2D eigenvalue weighted by Crippen LogP contribution is 2.55. The maximum Gasteiger partial charge on any atom is 0.323 e. The minimum Gasteiger partial charge on any atom is -0.341 e. The SMILES string of the molecule is CCCC1(C)CC2OC2OC1c1cc(NC(=O)Nc2ccc(F)cc2C)ccc1Cl. The number of carbonyl (C=O) groups is 1. The first-order valence-electron chi connectivity index (χ1n) is 10.2. The van der Waals surface area contributed by atoms with E-state index in [1.165, 1.54) is 18.2 Å². The predicted octanol–water partition coefficient (Wildman–Crippen LogP) is 6.42. The van der Waals surface area contributed by atoms with Crippen molar-refractivity contribution < 1.29 is 18.7 Å². The van der Waals surface area contributed by atoms with Gasteiger partial charge in [0.25, 0.3) is 0 Å². The second kappa shape index (κ2) is 8.17. The van der Waals surface area contributed by atoms with E-state index >= 15 is 0 Å². The molecule has 0 aliphatic carbocycles. The molecular formula is C23H26ClFN2O3. The average molecular weight is 433 g/mol. The molecule has 2 heterocycles. The summed E-state index contributed by atoms with van der Waals surface area (Å²) in [7, 11) is 0. The van der Waals surface area contributed by atoms with Crippen LogP contribution in [0.15, 0.2) is 36.4 Å². The molecule has 2 aromatic rings. The summed E-state index contributed by atoms with van der Waals surface area (Å²) in [4.78, 5) is 12.5. The van der Waals surface area contributed by atoms with Crippen molar-refractivity contribution in [3.05, 3.63) is 58.4 Å². The zero-order chi connectivity index (χ0) is 21.5. The number of benzene rings is 2. The fraction of sp³-hybridized carbons (Fsp3) is 0.435. The van der Waals surface area contributed by atoms with E-state index in [2.05, 4.69) is 24.5 Å². The van der Waals surface area contributed by atoms with Crippen molar-refractivity contribution in [2.75, 3.05) is 10.6 Å². The fourth-order valence-corrected chi connectivity index (χ4v) is 4.60. The van der Waals surface area contributed by atoms with Crippen molar-refractivity contribution in [3.8, 4) is 0 Å². The Bertz CT molecular complexity index is 969. The normalized spacial score (nSPS) is 27.3. The van der Waals surface area contributed by atoms with E-state index in [1.54, 1.807) is 19.1 Å². The number of aryl methyl sites for hydroxylation is 1. The molecule has 5 nitrogen and oxygen atoms in total. The van der Waals surface area contributed by atoms with E-state index < -0.39 is 6.03 Å². The first-order valence-corrected chi connectivity index (χ1v) is 10.6. The van der Waals surface area contributed by atoms with Crippen LogP contribution in [0.4, 0.5) is 20.6 Å².